The molecule has 0 saturated heterocycles. The molecule has 5 aromatic rings. The number of esters is 1. The van der Waals surface area contributed by atoms with E-state index >= 15 is 0 Å². The number of amides is 1. The summed E-state index contributed by atoms with van der Waals surface area (Å²) in [5.41, 5.74) is 4.48. The fourth-order valence-corrected chi connectivity index (χ4v) is 4.04. The Morgan fingerprint density at radius 2 is 1.57 bits per heavy atom. The first-order chi connectivity index (χ1) is 18.1. The largest absolute Gasteiger partial charge is 0.484 e. The van der Waals surface area contributed by atoms with Crippen molar-refractivity contribution in [3.8, 4) is 11.5 Å². The maximum atomic E-state index is 12.8. The highest BCUT2D eigenvalue weighted by Gasteiger charge is 2.14. The van der Waals surface area contributed by atoms with Crippen LogP contribution in [0.5, 0.6) is 11.5 Å². The van der Waals surface area contributed by atoms with E-state index in [1.165, 1.54) is 6.21 Å². The van der Waals surface area contributed by atoms with Crippen molar-refractivity contribution in [1.82, 2.24) is 5.43 Å². The second-order valence-electron chi connectivity index (χ2n) is 8.55. The monoisotopic (exact) mass is 488 g/mol. The molecule has 37 heavy (non-hydrogen) atoms. The Hall–Kier alpha value is -4.97. The van der Waals surface area contributed by atoms with Crippen molar-refractivity contribution in [2.75, 3.05) is 6.61 Å². The van der Waals surface area contributed by atoms with Crippen LogP contribution < -0.4 is 14.9 Å². The molecule has 5 aromatic carbocycles. The standard InChI is InChI=1S/C31H24N2O4/c1-21-7-6-11-25(17-21)31(35)37-29-16-14-23-9-4-5-12-27(23)28(29)19-32-33-30(34)20-36-26-15-13-22-8-2-3-10-24(22)18-26/h2-19H,20H2,1H3,(H,33,34). The number of aryl methyl sites for hydroxylation is 1. The van der Waals surface area contributed by atoms with Crippen LogP contribution in [0, 0.1) is 6.92 Å². The van der Waals surface area contributed by atoms with Crippen LogP contribution in [-0.2, 0) is 4.79 Å². The number of hydrazone groups is 1. The van der Waals surface area contributed by atoms with Gasteiger partial charge in [0.25, 0.3) is 5.91 Å². The van der Waals surface area contributed by atoms with E-state index in [2.05, 4.69) is 10.5 Å². The summed E-state index contributed by atoms with van der Waals surface area (Å²) in [7, 11) is 0. The molecule has 182 valence electrons. The van der Waals surface area contributed by atoms with Gasteiger partial charge in [0.05, 0.1) is 11.8 Å². The average Bonchev–Trinajstić information content (AvgIpc) is 2.92. The van der Waals surface area contributed by atoms with Gasteiger partial charge in [-0.25, -0.2) is 10.2 Å². The molecule has 0 aliphatic rings. The van der Waals surface area contributed by atoms with Gasteiger partial charge in [-0.05, 0) is 58.8 Å². The Bertz CT molecular complexity index is 1640. The van der Waals surface area contributed by atoms with Gasteiger partial charge in [-0.1, -0.05) is 78.4 Å². The number of benzene rings is 5. The van der Waals surface area contributed by atoms with E-state index in [0.717, 1.165) is 27.1 Å². The van der Waals surface area contributed by atoms with Crippen LogP contribution in [0.3, 0.4) is 0 Å². The molecule has 0 aromatic heterocycles. The minimum atomic E-state index is -0.471. The number of carbonyl (C=O) groups excluding carboxylic acids is 2. The van der Waals surface area contributed by atoms with Gasteiger partial charge in [0, 0.05) is 5.56 Å². The summed E-state index contributed by atoms with van der Waals surface area (Å²) in [5.74, 6) is 0.0530. The number of hydrogen-bond acceptors (Lipinski definition) is 5. The van der Waals surface area contributed by atoms with Crippen LogP contribution in [0.25, 0.3) is 21.5 Å². The van der Waals surface area contributed by atoms with Crippen LogP contribution >= 0.6 is 0 Å². The van der Waals surface area contributed by atoms with Gasteiger partial charge in [-0.2, -0.15) is 5.10 Å². The van der Waals surface area contributed by atoms with Crippen molar-refractivity contribution < 1.29 is 19.1 Å². The van der Waals surface area contributed by atoms with Crippen molar-refractivity contribution in [3.05, 3.63) is 120 Å². The van der Waals surface area contributed by atoms with Gasteiger partial charge in [0.1, 0.15) is 11.5 Å². The lowest BCUT2D eigenvalue weighted by atomic mass is 10.0. The molecule has 0 bridgehead atoms. The summed E-state index contributed by atoms with van der Waals surface area (Å²) in [6.07, 6.45) is 1.48. The van der Waals surface area contributed by atoms with Gasteiger partial charge in [0.15, 0.2) is 6.61 Å². The Morgan fingerprint density at radius 1 is 0.811 bits per heavy atom. The molecule has 0 aliphatic carbocycles. The van der Waals surface area contributed by atoms with Gasteiger partial charge in [-0.15, -0.1) is 0 Å². The molecular formula is C31H24N2O4. The number of ether oxygens (including phenoxy) is 2. The van der Waals surface area contributed by atoms with E-state index in [0.29, 0.717) is 22.6 Å². The number of rotatable bonds is 7. The van der Waals surface area contributed by atoms with E-state index in [-0.39, 0.29) is 6.61 Å². The first-order valence-corrected chi connectivity index (χ1v) is 11.8. The van der Waals surface area contributed by atoms with Crippen molar-refractivity contribution in [2.45, 2.75) is 6.92 Å². The summed E-state index contributed by atoms with van der Waals surface area (Å²) < 4.78 is 11.4. The number of fused-ring (bicyclic) bond motifs is 2. The van der Waals surface area contributed by atoms with E-state index in [1.54, 1.807) is 18.2 Å². The maximum absolute atomic E-state index is 12.8. The zero-order valence-electron chi connectivity index (χ0n) is 20.2. The predicted molar refractivity (Wildman–Crippen MR) is 145 cm³/mol. The van der Waals surface area contributed by atoms with Gasteiger partial charge in [0.2, 0.25) is 0 Å². The average molecular weight is 489 g/mol. The van der Waals surface area contributed by atoms with Crippen LogP contribution in [-0.4, -0.2) is 24.7 Å². The Balaban J connectivity index is 1.30. The molecule has 5 rings (SSSR count). The van der Waals surface area contributed by atoms with Crippen LogP contribution in [0.4, 0.5) is 0 Å². The predicted octanol–water partition coefficient (Wildman–Crippen LogP) is 6.05. The molecule has 0 spiro atoms. The summed E-state index contributed by atoms with van der Waals surface area (Å²) in [5, 5.41) is 8.02. The van der Waals surface area contributed by atoms with Crippen LogP contribution in [0.2, 0.25) is 0 Å². The molecule has 0 saturated carbocycles. The highest BCUT2D eigenvalue weighted by Crippen LogP contribution is 2.27. The quantitative estimate of drug-likeness (QED) is 0.131. The van der Waals surface area contributed by atoms with Crippen molar-refractivity contribution in [1.29, 1.82) is 0 Å². The van der Waals surface area contributed by atoms with Gasteiger partial charge < -0.3 is 9.47 Å². The molecule has 6 heteroatoms. The lowest BCUT2D eigenvalue weighted by Crippen LogP contribution is -2.24. The Labute approximate surface area is 214 Å². The number of hydrogen-bond donors (Lipinski definition) is 1. The normalized spacial score (nSPS) is 11.1. The summed E-state index contributed by atoms with van der Waals surface area (Å²) in [6.45, 7) is 1.72. The topological polar surface area (TPSA) is 77.0 Å². The Kier molecular flexibility index (Phi) is 6.90. The molecular weight excluding hydrogens is 464 g/mol. The van der Waals surface area contributed by atoms with E-state index in [9.17, 15) is 9.59 Å². The lowest BCUT2D eigenvalue weighted by molar-refractivity contribution is -0.123. The summed E-state index contributed by atoms with van der Waals surface area (Å²) in [6, 6.07) is 32.1. The SMILES string of the molecule is Cc1cccc(C(=O)Oc2ccc3ccccc3c2C=NNC(=O)COc2ccc3ccccc3c2)c1. The highest BCUT2D eigenvalue weighted by molar-refractivity contribution is 6.04. The van der Waals surface area contributed by atoms with Gasteiger partial charge >= 0.3 is 5.97 Å². The molecule has 0 radical (unpaired) electrons. The van der Waals surface area contributed by atoms with E-state index < -0.39 is 11.9 Å². The van der Waals surface area contributed by atoms with Crippen LogP contribution in [0.15, 0.2) is 108 Å². The van der Waals surface area contributed by atoms with Crippen molar-refractivity contribution >= 4 is 39.6 Å². The number of nitrogens with zero attached hydrogens (tertiary/aromatic N) is 1. The fraction of sp³-hybridized carbons (Fsp3) is 0.0645. The van der Waals surface area contributed by atoms with Gasteiger partial charge in [-0.3, -0.25) is 4.79 Å². The van der Waals surface area contributed by atoms with Crippen molar-refractivity contribution in [3.63, 3.8) is 0 Å². The second-order valence-corrected chi connectivity index (χ2v) is 8.55. The minimum Gasteiger partial charge on any atom is -0.484 e. The third-order valence-corrected chi connectivity index (χ3v) is 5.86. The first-order valence-electron chi connectivity index (χ1n) is 11.8. The molecule has 1 amide bonds. The zero-order valence-corrected chi connectivity index (χ0v) is 20.2. The number of nitrogens with one attached hydrogen (secondary N) is 1. The maximum Gasteiger partial charge on any atom is 0.343 e. The van der Waals surface area contributed by atoms with Crippen molar-refractivity contribution in [2.24, 2.45) is 5.10 Å². The smallest absolute Gasteiger partial charge is 0.343 e. The molecule has 0 aliphatic heterocycles. The number of carbonyl (C=O) groups is 2. The Morgan fingerprint density at radius 3 is 2.41 bits per heavy atom. The summed E-state index contributed by atoms with van der Waals surface area (Å²) in [4.78, 5) is 25.2. The molecule has 0 heterocycles. The summed E-state index contributed by atoms with van der Waals surface area (Å²) >= 11 is 0. The second kappa shape index (κ2) is 10.7. The van der Waals surface area contributed by atoms with E-state index in [1.807, 2.05) is 91.9 Å². The highest BCUT2D eigenvalue weighted by atomic mass is 16.5. The lowest BCUT2D eigenvalue weighted by Gasteiger charge is -2.11. The van der Waals surface area contributed by atoms with E-state index in [4.69, 9.17) is 9.47 Å². The molecule has 0 fully saturated rings. The third-order valence-electron chi connectivity index (χ3n) is 5.86. The molecule has 0 atom stereocenters. The molecule has 0 unspecified atom stereocenters. The fourth-order valence-electron chi connectivity index (χ4n) is 4.04. The molecule has 6 nitrogen and oxygen atoms in total. The minimum absolute atomic E-state index is 0.194. The zero-order chi connectivity index (χ0) is 25.6. The molecule has 1 N–H and O–H groups in total. The van der Waals surface area contributed by atoms with Crippen LogP contribution in [0.1, 0.15) is 21.5 Å². The first kappa shape index (κ1) is 23.8. The third kappa shape index (κ3) is 5.65.